The summed E-state index contributed by atoms with van der Waals surface area (Å²) >= 11 is 0. The second-order valence-electron chi connectivity index (χ2n) is 7.11. The van der Waals surface area contributed by atoms with Crippen LogP contribution in [0.5, 0.6) is 0 Å². The number of hydrogen-bond donors (Lipinski definition) is 1. The third-order valence-electron chi connectivity index (χ3n) is 4.37. The second kappa shape index (κ2) is 17.3. The van der Waals surface area contributed by atoms with Crippen molar-refractivity contribution < 1.29 is 28.7 Å². The predicted molar refractivity (Wildman–Crippen MR) is 106 cm³/mol. The van der Waals surface area contributed by atoms with Crippen LogP contribution in [0.25, 0.3) is 0 Å². The molecule has 162 valence electrons. The minimum atomic E-state index is -1.10. The lowest BCUT2D eigenvalue weighted by Crippen LogP contribution is -2.34. The van der Waals surface area contributed by atoms with Crippen molar-refractivity contribution in [3.8, 4) is 0 Å². The topological polar surface area (TPSA) is 113 Å². The van der Waals surface area contributed by atoms with Gasteiger partial charge >= 0.3 is 23.9 Å². The summed E-state index contributed by atoms with van der Waals surface area (Å²) in [5.41, 5.74) is 5.65. The van der Waals surface area contributed by atoms with Crippen molar-refractivity contribution in [3.05, 3.63) is 0 Å². The standard InChI is InChI=1S/C21H37NO6/c1-3-5-7-9-11-13-18(23)27-20(25)16-15-17(22)21(26)28-19(24)14-12-10-8-6-4-2/h17H,3-16,22H2,1-2H3/t17-/m0/s1. The molecular formula is C21H37NO6. The molecule has 0 unspecified atom stereocenters. The molecule has 0 bridgehead atoms. The number of hydrogen-bond acceptors (Lipinski definition) is 7. The number of ether oxygens (including phenoxy) is 2. The molecule has 0 fully saturated rings. The van der Waals surface area contributed by atoms with Gasteiger partial charge in [-0.3, -0.25) is 14.4 Å². The van der Waals surface area contributed by atoms with Crippen LogP contribution in [-0.2, 0) is 28.7 Å². The molecule has 0 aliphatic carbocycles. The van der Waals surface area contributed by atoms with Crippen molar-refractivity contribution >= 4 is 23.9 Å². The van der Waals surface area contributed by atoms with E-state index >= 15 is 0 Å². The second-order valence-corrected chi connectivity index (χ2v) is 7.11. The maximum atomic E-state index is 11.8. The van der Waals surface area contributed by atoms with Crippen LogP contribution >= 0.6 is 0 Å². The molecule has 0 saturated carbocycles. The lowest BCUT2D eigenvalue weighted by molar-refractivity contribution is -0.160. The average Bonchev–Trinajstić information content (AvgIpc) is 2.65. The molecule has 0 saturated heterocycles. The first-order valence-corrected chi connectivity index (χ1v) is 10.6. The molecule has 0 aliphatic heterocycles. The molecule has 0 aromatic heterocycles. The largest absolute Gasteiger partial charge is 0.393 e. The van der Waals surface area contributed by atoms with E-state index in [9.17, 15) is 19.2 Å². The minimum Gasteiger partial charge on any atom is -0.393 e. The predicted octanol–water partition coefficient (Wildman–Crippen LogP) is 3.95. The van der Waals surface area contributed by atoms with Crippen LogP contribution in [0.4, 0.5) is 0 Å². The van der Waals surface area contributed by atoms with Gasteiger partial charge in [-0.15, -0.1) is 0 Å². The van der Waals surface area contributed by atoms with Crippen molar-refractivity contribution in [1.29, 1.82) is 0 Å². The van der Waals surface area contributed by atoms with Crippen LogP contribution in [0.1, 0.15) is 104 Å². The number of nitrogens with two attached hydrogens (primary N) is 1. The zero-order valence-corrected chi connectivity index (χ0v) is 17.5. The van der Waals surface area contributed by atoms with E-state index in [-0.39, 0.29) is 25.7 Å². The van der Waals surface area contributed by atoms with Gasteiger partial charge in [0.1, 0.15) is 6.04 Å². The Hall–Kier alpha value is -1.76. The van der Waals surface area contributed by atoms with E-state index in [4.69, 9.17) is 15.2 Å². The molecule has 1 atom stereocenters. The normalized spacial score (nSPS) is 11.7. The van der Waals surface area contributed by atoms with Gasteiger partial charge in [0.25, 0.3) is 0 Å². The summed E-state index contributed by atoms with van der Waals surface area (Å²) in [6.07, 6.45) is 9.99. The first-order chi connectivity index (χ1) is 13.4. The summed E-state index contributed by atoms with van der Waals surface area (Å²) in [5, 5.41) is 0. The molecule has 7 heteroatoms. The maximum absolute atomic E-state index is 11.8. The van der Waals surface area contributed by atoms with E-state index in [1.165, 1.54) is 0 Å². The molecule has 0 radical (unpaired) electrons. The Kier molecular flexibility index (Phi) is 16.3. The lowest BCUT2D eigenvalue weighted by Gasteiger charge is -2.10. The fourth-order valence-electron chi connectivity index (χ4n) is 2.60. The van der Waals surface area contributed by atoms with Crippen molar-refractivity contribution in [3.63, 3.8) is 0 Å². The molecule has 0 rings (SSSR count). The third kappa shape index (κ3) is 15.3. The summed E-state index contributed by atoms with van der Waals surface area (Å²) in [6.45, 7) is 4.21. The van der Waals surface area contributed by atoms with Crippen molar-refractivity contribution in [1.82, 2.24) is 0 Å². The Morgan fingerprint density at radius 1 is 0.643 bits per heavy atom. The van der Waals surface area contributed by atoms with Crippen LogP contribution < -0.4 is 5.73 Å². The average molecular weight is 400 g/mol. The SMILES string of the molecule is CCCCCCCC(=O)OC(=O)CC[C@H](N)C(=O)OC(=O)CCCCCCC. The van der Waals surface area contributed by atoms with E-state index in [2.05, 4.69) is 13.8 Å². The highest BCUT2D eigenvalue weighted by molar-refractivity contribution is 5.89. The number of carbonyl (C=O) groups excluding carboxylic acids is 4. The number of esters is 4. The van der Waals surface area contributed by atoms with E-state index in [1.54, 1.807) is 0 Å². The highest BCUT2D eigenvalue weighted by Crippen LogP contribution is 2.08. The van der Waals surface area contributed by atoms with E-state index in [0.29, 0.717) is 12.8 Å². The zero-order chi connectivity index (χ0) is 21.2. The van der Waals surface area contributed by atoms with Crippen LogP contribution in [0.2, 0.25) is 0 Å². The van der Waals surface area contributed by atoms with Crippen LogP contribution in [0.3, 0.4) is 0 Å². The first-order valence-electron chi connectivity index (χ1n) is 10.6. The monoisotopic (exact) mass is 399 g/mol. The van der Waals surface area contributed by atoms with Gasteiger partial charge in [0.2, 0.25) is 0 Å². The fraction of sp³-hybridized carbons (Fsp3) is 0.810. The Labute approximate surface area is 168 Å². The van der Waals surface area contributed by atoms with Gasteiger partial charge in [-0.25, -0.2) is 4.79 Å². The summed E-state index contributed by atoms with van der Waals surface area (Å²) in [7, 11) is 0. The van der Waals surface area contributed by atoms with E-state index in [1.807, 2.05) is 0 Å². The summed E-state index contributed by atoms with van der Waals surface area (Å²) in [6, 6.07) is -1.10. The molecular weight excluding hydrogens is 362 g/mol. The summed E-state index contributed by atoms with van der Waals surface area (Å²) < 4.78 is 9.40. The Morgan fingerprint density at radius 3 is 1.57 bits per heavy atom. The number of rotatable bonds is 16. The Bertz CT molecular complexity index is 478. The molecule has 0 aromatic carbocycles. The first kappa shape index (κ1) is 26.2. The summed E-state index contributed by atoms with van der Waals surface area (Å²) in [4.78, 5) is 46.6. The van der Waals surface area contributed by atoms with E-state index < -0.39 is 29.9 Å². The van der Waals surface area contributed by atoms with Gasteiger partial charge in [-0.1, -0.05) is 65.2 Å². The summed E-state index contributed by atoms with van der Waals surface area (Å²) in [5.74, 6) is -2.73. The van der Waals surface area contributed by atoms with Gasteiger partial charge in [0.15, 0.2) is 0 Å². The fourth-order valence-corrected chi connectivity index (χ4v) is 2.60. The van der Waals surface area contributed by atoms with Crippen LogP contribution in [0.15, 0.2) is 0 Å². The van der Waals surface area contributed by atoms with Gasteiger partial charge in [-0.2, -0.15) is 0 Å². The van der Waals surface area contributed by atoms with Gasteiger partial charge in [0, 0.05) is 19.3 Å². The van der Waals surface area contributed by atoms with Gasteiger partial charge in [-0.05, 0) is 19.3 Å². The van der Waals surface area contributed by atoms with Crippen LogP contribution in [-0.4, -0.2) is 29.9 Å². The van der Waals surface area contributed by atoms with Crippen molar-refractivity contribution in [2.24, 2.45) is 5.73 Å². The highest BCUT2D eigenvalue weighted by Gasteiger charge is 2.21. The molecule has 2 N–H and O–H groups in total. The lowest BCUT2D eigenvalue weighted by atomic mass is 10.1. The van der Waals surface area contributed by atoms with Crippen LogP contribution in [0, 0.1) is 0 Å². The van der Waals surface area contributed by atoms with Gasteiger partial charge < -0.3 is 15.2 Å². The quantitative estimate of drug-likeness (QED) is 0.237. The molecule has 7 nitrogen and oxygen atoms in total. The Morgan fingerprint density at radius 2 is 1.07 bits per heavy atom. The van der Waals surface area contributed by atoms with E-state index in [0.717, 1.165) is 51.4 Å². The molecule has 0 aliphatic rings. The number of carbonyl (C=O) groups is 4. The number of unbranched alkanes of at least 4 members (excludes halogenated alkanes) is 8. The molecule has 0 aromatic rings. The van der Waals surface area contributed by atoms with Gasteiger partial charge in [0.05, 0.1) is 0 Å². The molecule has 0 spiro atoms. The molecule has 0 heterocycles. The molecule has 28 heavy (non-hydrogen) atoms. The minimum absolute atomic E-state index is 0.0365. The molecule has 0 amide bonds. The van der Waals surface area contributed by atoms with Crippen molar-refractivity contribution in [2.45, 2.75) is 110 Å². The maximum Gasteiger partial charge on any atom is 0.330 e. The smallest absolute Gasteiger partial charge is 0.330 e. The highest BCUT2D eigenvalue weighted by atomic mass is 16.6. The third-order valence-corrected chi connectivity index (χ3v) is 4.37. The zero-order valence-electron chi connectivity index (χ0n) is 17.5. The van der Waals surface area contributed by atoms with Crippen molar-refractivity contribution in [2.75, 3.05) is 0 Å². The Balaban J connectivity index is 3.88.